The molecule has 0 heterocycles. The van der Waals surface area contributed by atoms with Gasteiger partial charge >= 0.3 is 5.97 Å². The lowest BCUT2D eigenvalue weighted by atomic mass is 9.98. The van der Waals surface area contributed by atoms with E-state index < -0.39 is 33.3 Å². The summed E-state index contributed by atoms with van der Waals surface area (Å²) >= 11 is 5.84. The van der Waals surface area contributed by atoms with Crippen LogP contribution in [-0.4, -0.2) is 48.7 Å². The van der Waals surface area contributed by atoms with Gasteiger partial charge in [0.1, 0.15) is 11.4 Å². The van der Waals surface area contributed by atoms with Crippen LogP contribution in [0, 0.1) is 11.8 Å². The summed E-state index contributed by atoms with van der Waals surface area (Å²) < 4.78 is 32.0. The summed E-state index contributed by atoms with van der Waals surface area (Å²) in [4.78, 5) is 11.3. The van der Waals surface area contributed by atoms with Crippen LogP contribution >= 0.6 is 11.6 Å². The third kappa shape index (κ3) is 6.84. The lowest BCUT2D eigenvalue weighted by molar-refractivity contribution is -0.142. The van der Waals surface area contributed by atoms with Crippen LogP contribution in [-0.2, 0) is 14.8 Å². The molecule has 0 amide bonds. The summed E-state index contributed by atoms with van der Waals surface area (Å²) in [6.45, 7) is 7.02. The largest absolute Gasteiger partial charge is 0.486 e. The number of hydrogen-bond donors (Lipinski definition) is 1. The molecule has 0 aromatic heterocycles. The fraction of sp³-hybridized carbons (Fsp3) is 0.588. The van der Waals surface area contributed by atoms with Crippen LogP contribution in [0.25, 0.3) is 0 Å². The number of carbonyl (C=O) groups is 1. The van der Waals surface area contributed by atoms with E-state index in [0.29, 0.717) is 10.8 Å². The van der Waals surface area contributed by atoms with E-state index in [1.54, 1.807) is 52.0 Å². The van der Waals surface area contributed by atoms with Crippen molar-refractivity contribution < 1.29 is 23.1 Å². The van der Waals surface area contributed by atoms with Crippen molar-refractivity contribution in [2.75, 3.05) is 19.3 Å². The molecule has 8 heteroatoms. The van der Waals surface area contributed by atoms with E-state index in [2.05, 4.69) is 0 Å². The van der Waals surface area contributed by atoms with Crippen molar-refractivity contribution in [3.05, 3.63) is 29.3 Å². The molecule has 1 aromatic rings. The molecular weight excluding hydrogens is 366 g/mol. The zero-order valence-electron chi connectivity index (χ0n) is 15.2. The monoisotopic (exact) mass is 391 g/mol. The van der Waals surface area contributed by atoms with Gasteiger partial charge in [0.2, 0.25) is 10.0 Å². The van der Waals surface area contributed by atoms with Crippen LogP contribution in [0.2, 0.25) is 5.02 Å². The van der Waals surface area contributed by atoms with Gasteiger partial charge in [-0.15, -0.1) is 0 Å². The van der Waals surface area contributed by atoms with E-state index in [9.17, 15) is 18.3 Å². The molecule has 1 atom stereocenters. The van der Waals surface area contributed by atoms with Crippen molar-refractivity contribution in [2.24, 2.45) is 11.8 Å². The maximum Gasteiger partial charge on any atom is 0.307 e. The molecular formula is C17H26ClNO5S. The summed E-state index contributed by atoms with van der Waals surface area (Å²) in [6, 6.07) is 6.79. The van der Waals surface area contributed by atoms with E-state index in [1.807, 2.05) is 0 Å². The first kappa shape index (κ1) is 21.7. The number of carboxylic acids is 1. The summed E-state index contributed by atoms with van der Waals surface area (Å²) in [7, 11) is -2.30. The Labute approximate surface area is 154 Å². The molecule has 0 saturated carbocycles. The Bertz CT molecular complexity index is 685. The number of likely N-dealkylation sites (N-methyl/N-ethyl adjacent to an activating group) is 1. The fourth-order valence-electron chi connectivity index (χ4n) is 2.39. The van der Waals surface area contributed by atoms with Crippen LogP contribution in [0.1, 0.15) is 27.7 Å². The molecule has 0 aliphatic carbocycles. The highest BCUT2D eigenvalue weighted by Gasteiger charge is 2.33. The van der Waals surface area contributed by atoms with Gasteiger partial charge in [-0.3, -0.25) is 4.79 Å². The molecule has 0 aliphatic heterocycles. The number of ether oxygens (including phenoxy) is 1. The number of halogens is 1. The first-order valence-corrected chi connectivity index (χ1v) is 9.94. The van der Waals surface area contributed by atoms with E-state index in [0.717, 1.165) is 4.31 Å². The maximum atomic E-state index is 12.5. The van der Waals surface area contributed by atoms with Crippen LogP contribution in [0.4, 0.5) is 0 Å². The Morgan fingerprint density at radius 2 is 1.80 bits per heavy atom. The summed E-state index contributed by atoms with van der Waals surface area (Å²) in [5, 5.41) is 9.80. The Morgan fingerprint density at radius 3 is 2.24 bits per heavy atom. The average molecular weight is 392 g/mol. The molecule has 25 heavy (non-hydrogen) atoms. The van der Waals surface area contributed by atoms with Gasteiger partial charge in [0.15, 0.2) is 0 Å². The standard InChI is InChI=1S/C17H26ClNO5S/c1-12(2)15(16(20)21)10-25(22,23)19(5)11-17(3,4)24-14-8-6-13(18)7-9-14/h6-9,12,15H,10-11H2,1-5H3,(H,20,21). The Kier molecular flexibility index (Phi) is 7.28. The second-order valence-electron chi connectivity index (χ2n) is 7.04. The van der Waals surface area contributed by atoms with Gasteiger partial charge in [0.05, 0.1) is 18.2 Å². The predicted molar refractivity (Wildman–Crippen MR) is 98.5 cm³/mol. The van der Waals surface area contributed by atoms with E-state index in [4.69, 9.17) is 16.3 Å². The molecule has 0 aliphatic rings. The molecule has 1 unspecified atom stereocenters. The Balaban J connectivity index is 2.81. The first-order valence-electron chi connectivity index (χ1n) is 7.95. The highest BCUT2D eigenvalue weighted by atomic mass is 35.5. The third-order valence-corrected chi connectivity index (χ3v) is 5.91. The first-order chi connectivity index (χ1) is 11.3. The lowest BCUT2D eigenvalue weighted by Gasteiger charge is -2.31. The lowest BCUT2D eigenvalue weighted by Crippen LogP contribution is -2.45. The van der Waals surface area contributed by atoms with Crippen molar-refractivity contribution in [3.63, 3.8) is 0 Å². The molecule has 142 valence electrons. The molecule has 0 saturated heterocycles. The van der Waals surface area contributed by atoms with Crippen LogP contribution in [0.3, 0.4) is 0 Å². The fourth-order valence-corrected chi connectivity index (χ4v) is 4.26. The number of nitrogens with zero attached hydrogens (tertiary/aromatic N) is 1. The number of carboxylic acid groups (broad SMARTS) is 1. The van der Waals surface area contributed by atoms with Crippen molar-refractivity contribution in [2.45, 2.75) is 33.3 Å². The molecule has 1 rings (SSSR count). The molecule has 0 spiro atoms. The second kappa shape index (κ2) is 8.38. The molecule has 0 fully saturated rings. The van der Waals surface area contributed by atoms with Gasteiger partial charge in [0.25, 0.3) is 0 Å². The Hall–Kier alpha value is -1.31. The van der Waals surface area contributed by atoms with E-state index >= 15 is 0 Å². The van der Waals surface area contributed by atoms with Gasteiger partial charge in [-0.25, -0.2) is 12.7 Å². The van der Waals surface area contributed by atoms with Crippen LogP contribution in [0.5, 0.6) is 5.75 Å². The summed E-state index contributed by atoms with van der Waals surface area (Å²) in [6.07, 6.45) is 0. The zero-order chi connectivity index (χ0) is 19.4. The van der Waals surface area contributed by atoms with Gasteiger partial charge in [-0.2, -0.15) is 0 Å². The topological polar surface area (TPSA) is 83.9 Å². The minimum absolute atomic E-state index is 0.0857. The minimum Gasteiger partial charge on any atom is -0.486 e. The van der Waals surface area contributed by atoms with Crippen molar-refractivity contribution >= 4 is 27.6 Å². The molecule has 6 nitrogen and oxygen atoms in total. The van der Waals surface area contributed by atoms with Crippen LogP contribution in [0.15, 0.2) is 24.3 Å². The highest BCUT2D eigenvalue weighted by Crippen LogP contribution is 2.23. The SMILES string of the molecule is CC(C)C(CS(=O)(=O)N(C)CC(C)(C)Oc1ccc(Cl)cc1)C(=O)O. The predicted octanol–water partition coefficient (Wildman–Crippen LogP) is 3.12. The number of benzene rings is 1. The normalized spacial score (nSPS) is 13.9. The van der Waals surface area contributed by atoms with E-state index in [1.165, 1.54) is 7.05 Å². The smallest absolute Gasteiger partial charge is 0.307 e. The minimum atomic E-state index is -3.73. The summed E-state index contributed by atoms with van der Waals surface area (Å²) in [5.74, 6) is -2.20. The molecule has 0 bridgehead atoms. The quantitative estimate of drug-likeness (QED) is 0.699. The highest BCUT2D eigenvalue weighted by molar-refractivity contribution is 7.89. The molecule has 0 radical (unpaired) electrons. The van der Waals surface area contributed by atoms with Crippen molar-refractivity contribution in [3.8, 4) is 5.75 Å². The maximum absolute atomic E-state index is 12.5. The van der Waals surface area contributed by atoms with Gasteiger partial charge in [-0.1, -0.05) is 25.4 Å². The second-order valence-corrected chi connectivity index (χ2v) is 9.60. The Morgan fingerprint density at radius 1 is 1.28 bits per heavy atom. The number of rotatable bonds is 9. The number of sulfonamides is 1. The number of hydrogen-bond acceptors (Lipinski definition) is 4. The average Bonchev–Trinajstić information content (AvgIpc) is 2.46. The molecule has 1 aromatic carbocycles. The van der Waals surface area contributed by atoms with Crippen molar-refractivity contribution in [1.82, 2.24) is 4.31 Å². The zero-order valence-corrected chi connectivity index (χ0v) is 16.8. The molecule has 1 N–H and O–H groups in total. The third-order valence-electron chi connectivity index (χ3n) is 3.80. The van der Waals surface area contributed by atoms with E-state index in [-0.39, 0.29) is 12.5 Å². The van der Waals surface area contributed by atoms with Crippen LogP contribution < -0.4 is 4.74 Å². The van der Waals surface area contributed by atoms with Gasteiger partial charge in [0, 0.05) is 12.1 Å². The van der Waals surface area contributed by atoms with Gasteiger partial charge in [-0.05, 0) is 44.0 Å². The number of aliphatic carboxylic acids is 1. The van der Waals surface area contributed by atoms with Crippen molar-refractivity contribution in [1.29, 1.82) is 0 Å². The van der Waals surface area contributed by atoms with Gasteiger partial charge < -0.3 is 9.84 Å². The summed E-state index contributed by atoms with van der Waals surface area (Å²) in [5.41, 5.74) is -0.799.